The number of ether oxygens (including phenoxy) is 1. The fraction of sp³-hybridized carbons (Fsp3) is 1.00. The van der Waals surface area contributed by atoms with Crippen molar-refractivity contribution in [2.75, 3.05) is 13.7 Å². The van der Waals surface area contributed by atoms with E-state index in [0.29, 0.717) is 0 Å². The van der Waals surface area contributed by atoms with Gasteiger partial charge >= 0.3 is 0 Å². The second-order valence-corrected chi connectivity index (χ2v) is 2.66. The van der Waals surface area contributed by atoms with Crippen LogP contribution in [-0.2, 0) is 4.74 Å². The lowest BCUT2D eigenvalue weighted by atomic mass is 10.0. The summed E-state index contributed by atoms with van der Waals surface area (Å²) in [6.07, 6.45) is -0.179. The molecule has 0 spiro atoms. The van der Waals surface area contributed by atoms with Crippen molar-refractivity contribution in [1.29, 1.82) is 0 Å². The number of hydrogen-bond donors (Lipinski definition) is 0. The molecular weight excluding hydrogens is 138 g/mol. The summed E-state index contributed by atoms with van der Waals surface area (Å²) >= 11 is 0. The predicted molar refractivity (Wildman–Crippen MR) is 36.3 cm³/mol. The second-order valence-electron chi connectivity index (χ2n) is 2.66. The summed E-state index contributed by atoms with van der Waals surface area (Å²) in [5.74, 6) is -3.17. The van der Waals surface area contributed by atoms with Crippen molar-refractivity contribution in [2.24, 2.45) is 5.92 Å². The maximum atomic E-state index is 12.7. The van der Waals surface area contributed by atoms with E-state index in [1.54, 1.807) is 0 Å². The molecule has 0 rings (SSSR count). The molecule has 0 aliphatic rings. The lowest BCUT2D eigenvalue weighted by Gasteiger charge is -2.19. The highest BCUT2D eigenvalue weighted by molar-refractivity contribution is 4.69. The van der Waals surface area contributed by atoms with Gasteiger partial charge < -0.3 is 4.74 Å². The van der Waals surface area contributed by atoms with Crippen LogP contribution >= 0.6 is 0 Å². The van der Waals surface area contributed by atoms with Crippen LogP contribution in [0.1, 0.15) is 20.3 Å². The zero-order valence-electron chi connectivity index (χ0n) is 6.66. The first-order chi connectivity index (χ1) is 4.50. The van der Waals surface area contributed by atoms with Crippen LogP contribution in [-0.4, -0.2) is 19.6 Å². The largest absolute Gasteiger partial charge is 0.384 e. The summed E-state index contributed by atoms with van der Waals surface area (Å²) in [5, 5.41) is 0. The number of hydrogen-bond acceptors (Lipinski definition) is 1. The van der Waals surface area contributed by atoms with Crippen LogP contribution in [0.25, 0.3) is 0 Å². The standard InChI is InChI=1S/C7H14F2O/c1-6(2)7(8,9)4-5-10-3/h6H,4-5H2,1-3H3. The van der Waals surface area contributed by atoms with Gasteiger partial charge in [0.25, 0.3) is 5.92 Å². The number of halogens is 2. The van der Waals surface area contributed by atoms with Gasteiger partial charge in [0.2, 0.25) is 0 Å². The van der Waals surface area contributed by atoms with Gasteiger partial charge in [-0.3, -0.25) is 0 Å². The van der Waals surface area contributed by atoms with Crippen LogP contribution < -0.4 is 0 Å². The fourth-order valence-electron chi connectivity index (χ4n) is 0.527. The van der Waals surface area contributed by atoms with Crippen molar-refractivity contribution in [3.05, 3.63) is 0 Å². The molecule has 0 saturated heterocycles. The van der Waals surface area contributed by atoms with Gasteiger partial charge in [0.05, 0.1) is 6.61 Å². The number of alkyl halides is 2. The Kier molecular flexibility index (Phi) is 3.79. The molecule has 0 amide bonds. The highest BCUT2D eigenvalue weighted by Crippen LogP contribution is 2.27. The SMILES string of the molecule is COCCC(F)(F)C(C)C. The average molecular weight is 152 g/mol. The molecule has 0 radical (unpaired) electrons. The Balaban J connectivity index is 3.63. The third-order valence-corrected chi connectivity index (χ3v) is 1.48. The minimum absolute atomic E-state index is 0.130. The fourth-order valence-corrected chi connectivity index (χ4v) is 0.527. The van der Waals surface area contributed by atoms with E-state index >= 15 is 0 Å². The molecular formula is C7H14F2O. The highest BCUT2D eigenvalue weighted by atomic mass is 19.3. The Morgan fingerprint density at radius 2 is 1.90 bits per heavy atom. The highest BCUT2D eigenvalue weighted by Gasteiger charge is 2.32. The van der Waals surface area contributed by atoms with Crippen molar-refractivity contribution in [3.8, 4) is 0 Å². The van der Waals surface area contributed by atoms with Crippen LogP contribution in [0.2, 0.25) is 0 Å². The first-order valence-electron chi connectivity index (χ1n) is 3.37. The Hall–Kier alpha value is -0.180. The Morgan fingerprint density at radius 3 is 2.20 bits per heavy atom. The Morgan fingerprint density at radius 1 is 1.40 bits per heavy atom. The Bertz CT molecular complexity index is 91.6. The van der Waals surface area contributed by atoms with E-state index in [9.17, 15) is 8.78 Å². The quantitative estimate of drug-likeness (QED) is 0.600. The van der Waals surface area contributed by atoms with E-state index in [4.69, 9.17) is 0 Å². The lowest BCUT2D eigenvalue weighted by Crippen LogP contribution is -2.25. The van der Waals surface area contributed by atoms with Crippen molar-refractivity contribution in [2.45, 2.75) is 26.2 Å². The molecule has 0 aromatic carbocycles. The molecule has 0 bridgehead atoms. The van der Waals surface area contributed by atoms with E-state index < -0.39 is 11.8 Å². The van der Waals surface area contributed by atoms with E-state index in [1.807, 2.05) is 0 Å². The van der Waals surface area contributed by atoms with Crippen molar-refractivity contribution in [3.63, 3.8) is 0 Å². The molecule has 0 saturated carbocycles. The van der Waals surface area contributed by atoms with Crippen molar-refractivity contribution in [1.82, 2.24) is 0 Å². The maximum Gasteiger partial charge on any atom is 0.252 e. The molecule has 62 valence electrons. The van der Waals surface area contributed by atoms with Crippen LogP contribution in [0.3, 0.4) is 0 Å². The minimum Gasteiger partial charge on any atom is -0.384 e. The van der Waals surface area contributed by atoms with Crippen LogP contribution in [0, 0.1) is 5.92 Å². The molecule has 0 aliphatic carbocycles. The summed E-state index contributed by atoms with van der Waals surface area (Å²) in [4.78, 5) is 0. The second kappa shape index (κ2) is 3.86. The lowest BCUT2D eigenvalue weighted by molar-refractivity contribution is -0.0663. The summed E-state index contributed by atoms with van der Waals surface area (Å²) in [5.41, 5.74) is 0. The van der Waals surface area contributed by atoms with Gasteiger partial charge in [-0.2, -0.15) is 0 Å². The number of rotatable bonds is 4. The summed E-state index contributed by atoms with van der Waals surface area (Å²) in [6.45, 7) is 3.15. The van der Waals surface area contributed by atoms with E-state index in [2.05, 4.69) is 4.74 Å². The first kappa shape index (κ1) is 9.82. The van der Waals surface area contributed by atoms with Gasteiger partial charge in [0.15, 0.2) is 0 Å². The van der Waals surface area contributed by atoms with Gasteiger partial charge in [-0.25, -0.2) is 8.78 Å². The Labute approximate surface area is 60.4 Å². The van der Waals surface area contributed by atoms with Gasteiger partial charge in [-0.15, -0.1) is 0 Å². The molecule has 3 heteroatoms. The molecule has 0 N–H and O–H groups in total. The zero-order valence-corrected chi connectivity index (χ0v) is 6.66. The molecule has 0 aromatic rings. The van der Waals surface area contributed by atoms with Gasteiger partial charge in [0, 0.05) is 19.4 Å². The molecule has 10 heavy (non-hydrogen) atoms. The summed E-state index contributed by atoms with van der Waals surface area (Å²) in [7, 11) is 1.43. The molecule has 0 fully saturated rings. The first-order valence-corrected chi connectivity index (χ1v) is 3.37. The van der Waals surface area contributed by atoms with Crippen LogP contribution in [0.5, 0.6) is 0 Å². The monoisotopic (exact) mass is 152 g/mol. The molecule has 1 nitrogen and oxygen atoms in total. The van der Waals surface area contributed by atoms with E-state index in [1.165, 1.54) is 21.0 Å². The van der Waals surface area contributed by atoms with Crippen LogP contribution in [0.4, 0.5) is 8.78 Å². The zero-order chi connectivity index (χ0) is 8.20. The predicted octanol–water partition coefficient (Wildman–Crippen LogP) is 2.31. The maximum absolute atomic E-state index is 12.7. The van der Waals surface area contributed by atoms with Gasteiger partial charge in [-0.05, 0) is 0 Å². The number of methoxy groups -OCH3 is 1. The van der Waals surface area contributed by atoms with Gasteiger partial charge in [0.1, 0.15) is 0 Å². The minimum atomic E-state index is -2.57. The molecule has 0 atom stereocenters. The normalized spacial score (nSPS) is 12.6. The van der Waals surface area contributed by atoms with E-state index in [-0.39, 0.29) is 13.0 Å². The smallest absolute Gasteiger partial charge is 0.252 e. The van der Waals surface area contributed by atoms with Crippen molar-refractivity contribution < 1.29 is 13.5 Å². The summed E-state index contributed by atoms with van der Waals surface area (Å²) in [6, 6.07) is 0. The topological polar surface area (TPSA) is 9.23 Å². The molecule has 0 heterocycles. The summed E-state index contributed by atoms with van der Waals surface area (Å²) < 4.78 is 29.9. The van der Waals surface area contributed by atoms with Gasteiger partial charge in [-0.1, -0.05) is 13.8 Å². The average Bonchev–Trinajstić information content (AvgIpc) is 1.84. The molecule has 0 aliphatic heterocycles. The molecule has 0 aromatic heterocycles. The molecule has 0 unspecified atom stereocenters. The third-order valence-electron chi connectivity index (χ3n) is 1.48. The van der Waals surface area contributed by atoms with Crippen LogP contribution in [0.15, 0.2) is 0 Å². The van der Waals surface area contributed by atoms with Crippen molar-refractivity contribution >= 4 is 0 Å². The van der Waals surface area contributed by atoms with E-state index in [0.717, 1.165) is 0 Å². The third kappa shape index (κ3) is 3.11.